The second-order valence-corrected chi connectivity index (χ2v) is 10.5. The Morgan fingerprint density at radius 3 is 2.03 bits per heavy atom. The number of aromatic amines is 1. The minimum Gasteiger partial charge on any atom is -0.480 e. The lowest BCUT2D eigenvalue weighted by molar-refractivity contribution is -0.146. The molecule has 206 valence electrons. The molecule has 4 rings (SSSR count). The number of rotatable bonds is 6. The number of carbonyl (C=O) groups is 1. The topological polar surface area (TPSA) is 122 Å². The molecule has 0 bridgehead atoms. The Kier molecular flexibility index (Phi) is 6.89. The van der Waals surface area contributed by atoms with Gasteiger partial charge in [0.25, 0.3) is 0 Å². The summed E-state index contributed by atoms with van der Waals surface area (Å²) in [7, 11) is -4.13. The van der Waals surface area contributed by atoms with Gasteiger partial charge in [0.05, 0.1) is 20.9 Å². The first-order valence-electron chi connectivity index (χ1n) is 10.9. The Balaban J connectivity index is 1.89. The number of carboxylic acid groups (broad SMARTS) is 1. The molecule has 4 N–H and O–H groups in total. The van der Waals surface area contributed by atoms with Gasteiger partial charge in [-0.2, -0.15) is 26.3 Å². The van der Waals surface area contributed by atoms with Crippen LogP contribution in [-0.2, 0) is 27.0 Å². The van der Waals surface area contributed by atoms with Gasteiger partial charge in [0.15, 0.2) is 5.75 Å². The second kappa shape index (κ2) is 9.61. The highest BCUT2D eigenvalue weighted by molar-refractivity contribution is 7.91. The van der Waals surface area contributed by atoms with Crippen LogP contribution in [0.25, 0.3) is 10.9 Å². The Hall–Kier alpha value is -4.04. The zero-order chi connectivity index (χ0) is 28.9. The molecule has 0 aliphatic heterocycles. The van der Waals surface area contributed by atoms with Crippen LogP contribution < -0.4 is 10.5 Å². The van der Waals surface area contributed by atoms with Gasteiger partial charge in [0.1, 0.15) is 11.8 Å². The summed E-state index contributed by atoms with van der Waals surface area (Å²) in [5.74, 6) is -4.02. The van der Waals surface area contributed by atoms with Gasteiger partial charge in [0.2, 0.25) is 9.84 Å². The van der Waals surface area contributed by atoms with Crippen LogP contribution in [-0.4, -0.2) is 24.5 Å². The molecule has 1 aromatic heterocycles. The molecule has 0 fully saturated rings. The van der Waals surface area contributed by atoms with Crippen molar-refractivity contribution in [3.05, 3.63) is 83.0 Å². The summed E-state index contributed by atoms with van der Waals surface area (Å²) >= 11 is 0. The first kappa shape index (κ1) is 28.0. The molecule has 39 heavy (non-hydrogen) atoms. The number of aryl methyl sites for hydroxylation is 1. The third-order valence-corrected chi connectivity index (χ3v) is 7.61. The fourth-order valence-electron chi connectivity index (χ4n) is 3.83. The van der Waals surface area contributed by atoms with Crippen LogP contribution in [0.5, 0.6) is 11.5 Å². The van der Waals surface area contributed by atoms with E-state index in [1.54, 1.807) is 19.1 Å². The van der Waals surface area contributed by atoms with Crippen LogP contribution in [0.4, 0.5) is 26.3 Å². The van der Waals surface area contributed by atoms with Gasteiger partial charge in [-0.25, -0.2) is 8.42 Å². The second-order valence-electron chi connectivity index (χ2n) is 8.54. The summed E-state index contributed by atoms with van der Waals surface area (Å²) < 4.78 is 115. The molecule has 3 aromatic carbocycles. The molecule has 1 atom stereocenters. The van der Waals surface area contributed by atoms with Gasteiger partial charge < -0.3 is 20.6 Å². The van der Waals surface area contributed by atoms with Crippen molar-refractivity contribution < 1.29 is 49.4 Å². The molecule has 0 saturated heterocycles. The van der Waals surface area contributed by atoms with E-state index in [-0.39, 0.29) is 32.8 Å². The van der Waals surface area contributed by atoms with Gasteiger partial charge in [-0.1, -0.05) is 17.7 Å². The number of aromatic nitrogens is 1. The largest absolute Gasteiger partial charge is 0.480 e. The van der Waals surface area contributed by atoms with Crippen LogP contribution in [0, 0.1) is 6.92 Å². The highest BCUT2D eigenvalue weighted by Crippen LogP contribution is 2.47. The molecule has 0 unspecified atom stereocenters. The van der Waals surface area contributed by atoms with Gasteiger partial charge in [-0.3, -0.25) is 4.79 Å². The summed E-state index contributed by atoms with van der Waals surface area (Å²) in [6, 6.07) is 7.29. The van der Waals surface area contributed by atoms with Crippen molar-refractivity contribution >= 4 is 26.7 Å². The zero-order valence-electron chi connectivity index (χ0n) is 19.7. The number of carboxylic acids is 1. The molecule has 7 nitrogen and oxygen atoms in total. The monoisotopic (exact) mass is 572 g/mol. The van der Waals surface area contributed by atoms with Crippen molar-refractivity contribution in [2.45, 2.75) is 35.1 Å². The number of ether oxygens (including phenoxy) is 1. The minimum atomic E-state index is -5.40. The molecule has 0 radical (unpaired) electrons. The maximum absolute atomic E-state index is 13.9. The SMILES string of the molecule is Cc1ccc(S(=O)(=O)c2c[nH]c3ccc(Oc4c(C(F)(F)F)cc([C@H](N)C(=O)O)cc4C(F)(F)F)cc23)cc1. The number of halogens is 6. The molecule has 0 spiro atoms. The normalized spacial score (nSPS) is 13.4. The number of nitrogens with two attached hydrogens (primary N) is 1. The van der Waals surface area contributed by atoms with Crippen molar-refractivity contribution in [3.63, 3.8) is 0 Å². The summed E-state index contributed by atoms with van der Waals surface area (Å²) in [6.07, 6.45) is -9.66. The third kappa shape index (κ3) is 5.43. The van der Waals surface area contributed by atoms with E-state index in [1.807, 2.05) is 0 Å². The highest BCUT2D eigenvalue weighted by atomic mass is 32.2. The predicted octanol–water partition coefficient (Wildman–Crippen LogP) is 6.22. The predicted molar refractivity (Wildman–Crippen MR) is 126 cm³/mol. The van der Waals surface area contributed by atoms with Crippen LogP contribution in [0.3, 0.4) is 0 Å². The van der Waals surface area contributed by atoms with E-state index < -0.39 is 62.4 Å². The van der Waals surface area contributed by atoms with E-state index in [2.05, 4.69) is 4.98 Å². The van der Waals surface area contributed by atoms with Crippen LogP contribution in [0.2, 0.25) is 0 Å². The maximum atomic E-state index is 13.9. The van der Waals surface area contributed by atoms with Gasteiger partial charge in [0, 0.05) is 17.1 Å². The lowest BCUT2D eigenvalue weighted by Gasteiger charge is -2.21. The number of hydrogen-bond acceptors (Lipinski definition) is 5. The standard InChI is InChI=1S/C25H18F6N2O5S/c1-12-2-5-15(6-3-12)39(36,37)20-11-33-19-7-4-14(10-16(19)20)38-22-17(24(26,27)28)8-13(21(32)23(34)35)9-18(22)25(29,30)31/h2-11,21,33H,32H2,1H3,(H,34,35)/t21-/m0/s1. The molecule has 0 aliphatic rings. The minimum absolute atomic E-state index is 0.0419. The van der Waals surface area contributed by atoms with E-state index in [9.17, 15) is 39.6 Å². The number of hydrogen-bond donors (Lipinski definition) is 3. The number of benzene rings is 3. The summed E-state index contributed by atoms with van der Waals surface area (Å²) in [4.78, 5) is 13.5. The zero-order valence-corrected chi connectivity index (χ0v) is 20.5. The lowest BCUT2D eigenvalue weighted by Crippen LogP contribution is -2.23. The van der Waals surface area contributed by atoms with Gasteiger partial charge in [-0.15, -0.1) is 0 Å². The number of nitrogens with one attached hydrogen (secondary N) is 1. The molecule has 0 amide bonds. The van der Waals surface area contributed by atoms with Crippen LogP contribution in [0.15, 0.2) is 70.6 Å². The molecule has 0 saturated carbocycles. The third-order valence-electron chi connectivity index (χ3n) is 5.80. The number of fused-ring (bicyclic) bond motifs is 1. The first-order chi connectivity index (χ1) is 18.0. The van der Waals surface area contributed by atoms with Crippen LogP contribution in [0.1, 0.15) is 28.3 Å². The number of alkyl halides is 6. The Morgan fingerprint density at radius 1 is 0.949 bits per heavy atom. The summed E-state index contributed by atoms with van der Waals surface area (Å²) in [6.45, 7) is 1.75. The number of H-pyrrole nitrogens is 1. The van der Waals surface area contributed by atoms with E-state index in [0.29, 0.717) is 0 Å². The Labute approximate surface area is 216 Å². The summed E-state index contributed by atoms with van der Waals surface area (Å²) in [5.41, 5.74) is 1.54. The number of sulfone groups is 1. The van der Waals surface area contributed by atoms with E-state index in [4.69, 9.17) is 15.6 Å². The average molecular weight is 572 g/mol. The fraction of sp³-hybridized carbons (Fsp3) is 0.160. The Bertz CT molecular complexity index is 1640. The van der Waals surface area contributed by atoms with Gasteiger partial charge >= 0.3 is 18.3 Å². The van der Waals surface area contributed by atoms with E-state index in [0.717, 1.165) is 23.9 Å². The smallest absolute Gasteiger partial charge is 0.420 e. The van der Waals surface area contributed by atoms with E-state index in [1.165, 1.54) is 18.2 Å². The van der Waals surface area contributed by atoms with Crippen molar-refractivity contribution in [2.75, 3.05) is 0 Å². The molecule has 4 aromatic rings. The molecular formula is C25H18F6N2O5S. The lowest BCUT2D eigenvalue weighted by atomic mass is 9.98. The van der Waals surface area contributed by atoms with Crippen molar-refractivity contribution in [1.82, 2.24) is 4.98 Å². The van der Waals surface area contributed by atoms with Crippen molar-refractivity contribution in [2.24, 2.45) is 5.73 Å². The molecular weight excluding hydrogens is 554 g/mol. The average Bonchev–Trinajstić information content (AvgIpc) is 3.26. The van der Waals surface area contributed by atoms with Crippen molar-refractivity contribution in [3.8, 4) is 11.5 Å². The maximum Gasteiger partial charge on any atom is 0.420 e. The molecule has 1 heterocycles. The first-order valence-corrected chi connectivity index (χ1v) is 12.4. The van der Waals surface area contributed by atoms with Crippen LogP contribution >= 0.6 is 0 Å². The van der Waals surface area contributed by atoms with Crippen molar-refractivity contribution in [1.29, 1.82) is 0 Å². The molecule has 14 heteroatoms. The fourth-order valence-corrected chi connectivity index (χ4v) is 5.25. The van der Waals surface area contributed by atoms with Gasteiger partial charge in [-0.05, 0) is 55.0 Å². The highest BCUT2D eigenvalue weighted by Gasteiger charge is 2.43. The number of aliphatic carboxylic acids is 1. The molecule has 0 aliphatic carbocycles. The summed E-state index contributed by atoms with van der Waals surface area (Å²) in [5, 5.41) is 8.98. The quantitative estimate of drug-likeness (QED) is 0.236. The Morgan fingerprint density at radius 2 is 1.51 bits per heavy atom. The van der Waals surface area contributed by atoms with E-state index >= 15 is 0 Å².